The first kappa shape index (κ1) is 14.8. The summed E-state index contributed by atoms with van der Waals surface area (Å²) in [6.45, 7) is 6.44. The van der Waals surface area contributed by atoms with Gasteiger partial charge in [-0.25, -0.2) is 4.98 Å². The second-order valence-corrected chi connectivity index (χ2v) is 7.23. The molecule has 0 spiro atoms. The highest BCUT2D eigenvalue weighted by atomic mass is 15.3. The molecule has 1 N–H and O–H groups in total. The Bertz CT molecular complexity index is 636. The Kier molecular flexibility index (Phi) is 3.86. The van der Waals surface area contributed by atoms with E-state index in [0.29, 0.717) is 0 Å². The van der Waals surface area contributed by atoms with E-state index in [4.69, 9.17) is 4.98 Å². The van der Waals surface area contributed by atoms with Crippen LogP contribution < -0.4 is 14.7 Å². The van der Waals surface area contributed by atoms with Crippen LogP contribution >= 0.6 is 0 Å². The van der Waals surface area contributed by atoms with Crippen molar-refractivity contribution in [3.63, 3.8) is 0 Å². The zero-order chi connectivity index (χ0) is 15.8. The van der Waals surface area contributed by atoms with Gasteiger partial charge in [-0.2, -0.15) is 5.26 Å². The van der Waals surface area contributed by atoms with Gasteiger partial charge < -0.3 is 14.7 Å². The number of anilines is 2. The monoisotopic (exact) mass is 312 g/mol. The topological polar surface area (TPSA) is 47.6 Å². The third-order valence-corrected chi connectivity index (χ3v) is 5.57. The SMILES string of the molecule is C[NH+]1CCc2c(C#N)c(N3CCCC3)nc(N3CCCC3)c2C1. The van der Waals surface area contributed by atoms with Gasteiger partial charge in [-0.1, -0.05) is 0 Å². The van der Waals surface area contributed by atoms with Gasteiger partial charge in [0.25, 0.3) is 0 Å². The quantitative estimate of drug-likeness (QED) is 0.874. The smallest absolute Gasteiger partial charge is 0.149 e. The van der Waals surface area contributed by atoms with Gasteiger partial charge in [-0.3, -0.25) is 0 Å². The lowest BCUT2D eigenvalue weighted by Crippen LogP contribution is -3.08. The normalized spacial score (nSPS) is 23.9. The van der Waals surface area contributed by atoms with Crippen molar-refractivity contribution in [2.24, 2.45) is 0 Å². The summed E-state index contributed by atoms with van der Waals surface area (Å²) >= 11 is 0. The average molecular weight is 312 g/mol. The molecule has 4 heterocycles. The molecule has 0 aliphatic carbocycles. The van der Waals surface area contributed by atoms with Crippen molar-refractivity contribution in [1.29, 1.82) is 5.26 Å². The van der Waals surface area contributed by atoms with Crippen molar-refractivity contribution >= 4 is 11.6 Å². The highest BCUT2D eigenvalue weighted by molar-refractivity contribution is 5.67. The van der Waals surface area contributed by atoms with Crippen LogP contribution in [0, 0.1) is 11.3 Å². The van der Waals surface area contributed by atoms with E-state index >= 15 is 0 Å². The zero-order valence-corrected chi connectivity index (χ0v) is 14.1. The summed E-state index contributed by atoms with van der Waals surface area (Å²) in [7, 11) is 2.25. The lowest BCUT2D eigenvalue weighted by atomic mass is 9.95. The van der Waals surface area contributed by atoms with Gasteiger partial charge in [0.15, 0.2) is 0 Å². The fourth-order valence-electron chi connectivity index (χ4n) is 4.30. The number of hydrogen-bond acceptors (Lipinski definition) is 4. The van der Waals surface area contributed by atoms with Crippen molar-refractivity contribution < 1.29 is 4.90 Å². The van der Waals surface area contributed by atoms with Gasteiger partial charge >= 0.3 is 0 Å². The first-order valence-corrected chi connectivity index (χ1v) is 9.05. The molecule has 3 aliphatic rings. The molecule has 0 radical (unpaired) electrons. The van der Waals surface area contributed by atoms with Crippen LogP contribution in [0.4, 0.5) is 11.6 Å². The first-order chi connectivity index (χ1) is 11.3. The summed E-state index contributed by atoms with van der Waals surface area (Å²) in [5.74, 6) is 2.14. The second-order valence-electron chi connectivity index (χ2n) is 7.23. The van der Waals surface area contributed by atoms with Crippen LogP contribution in [0.1, 0.15) is 42.4 Å². The lowest BCUT2D eigenvalue weighted by Gasteiger charge is -2.31. The zero-order valence-electron chi connectivity index (χ0n) is 14.1. The third kappa shape index (κ3) is 2.55. The van der Waals surface area contributed by atoms with E-state index in [1.165, 1.54) is 47.5 Å². The number of quaternary nitrogens is 1. The van der Waals surface area contributed by atoms with E-state index in [9.17, 15) is 5.26 Å². The summed E-state index contributed by atoms with van der Waals surface area (Å²) in [6.07, 6.45) is 5.97. The van der Waals surface area contributed by atoms with E-state index in [0.717, 1.165) is 57.1 Å². The molecular weight excluding hydrogens is 286 g/mol. The molecule has 3 aliphatic heterocycles. The fourth-order valence-corrected chi connectivity index (χ4v) is 4.30. The van der Waals surface area contributed by atoms with E-state index in [2.05, 4.69) is 22.9 Å². The first-order valence-electron chi connectivity index (χ1n) is 9.05. The van der Waals surface area contributed by atoms with Crippen molar-refractivity contribution in [2.45, 2.75) is 38.6 Å². The molecule has 1 aromatic heterocycles. The average Bonchev–Trinajstić information content (AvgIpc) is 3.26. The molecule has 23 heavy (non-hydrogen) atoms. The molecule has 2 saturated heterocycles. The van der Waals surface area contributed by atoms with Crippen LogP contribution in [0.3, 0.4) is 0 Å². The fraction of sp³-hybridized carbons (Fsp3) is 0.667. The Labute approximate surface area is 138 Å². The van der Waals surface area contributed by atoms with Gasteiger partial charge in [-0.05, 0) is 31.2 Å². The van der Waals surface area contributed by atoms with Gasteiger partial charge in [0, 0.05) is 32.6 Å². The Hall–Kier alpha value is -1.80. The van der Waals surface area contributed by atoms with E-state index < -0.39 is 0 Å². The van der Waals surface area contributed by atoms with Crippen LogP contribution in [0.5, 0.6) is 0 Å². The molecule has 1 atom stereocenters. The molecule has 5 heteroatoms. The van der Waals surface area contributed by atoms with Gasteiger partial charge in [-0.15, -0.1) is 0 Å². The molecule has 122 valence electrons. The minimum atomic E-state index is 0.859. The number of pyridine rings is 1. The minimum absolute atomic E-state index is 0.859. The maximum atomic E-state index is 9.82. The van der Waals surface area contributed by atoms with E-state index in [1.54, 1.807) is 0 Å². The number of nitrogens with one attached hydrogen (secondary N) is 1. The summed E-state index contributed by atoms with van der Waals surface area (Å²) in [5.41, 5.74) is 3.49. The van der Waals surface area contributed by atoms with E-state index in [1.807, 2.05) is 0 Å². The Morgan fingerprint density at radius 2 is 1.57 bits per heavy atom. The number of fused-ring (bicyclic) bond motifs is 1. The lowest BCUT2D eigenvalue weighted by molar-refractivity contribution is -0.895. The van der Waals surface area contributed by atoms with Crippen LogP contribution in [0.25, 0.3) is 0 Å². The maximum absolute atomic E-state index is 9.82. The number of rotatable bonds is 2. The molecule has 0 aromatic carbocycles. The molecular formula is C18H26N5+. The van der Waals surface area contributed by atoms with Gasteiger partial charge in [0.05, 0.1) is 24.7 Å². The van der Waals surface area contributed by atoms with Gasteiger partial charge in [0.2, 0.25) is 0 Å². The summed E-state index contributed by atoms with van der Waals surface area (Å²) in [6, 6.07) is 2.50. The van der Waals surface area contributed by atoms with Crippen molar-refractivity contribution in [1.82, 2.24) is 4.98 Å². The predicted molar refractivity (Wildman–Crippen MR) is 91.0 cm³/mol. The highest BCUT2D eigenvalue weighted by Gasteiger charge is 2.31. The van der Waals surface area contributed by atoms with Crippen LogP contribution in [0.2, 0.25) is 0 Å². The number of nitriles is 1. The Morgan fingerprint density at radius 3 is 2.17 bits per heavy atom. The third-order valence-electron chi connectivity index (χ3n) is 5.57. The Morgan fingerprint density at radius 1 is 0.957 bits per heavy atom. The van der Waals surface area contributed by atoms with Crippen molar-refractivity contribution in [3.05, 3.63) is 16.7 Å². The largest absolute Gasteiger partial charge is 0.356 e. The molecule has 1 aromatic rings. The van der Waals surface area contributed by atoms with Crippen LogP contribution in [-0.2, 0) is 13.0 Å². The molecule has 0 amide bonds. The molecule has 0 saturated carbocycles. The molecule has 0 bridgehead atoms. The van der Waals surface area contributed by atoms with Crippen LogP contribution in [0.15, 0.2) is 0 Å². The number of likely N-dealkylation sites (N-methyl/N-ethyl adjacent to an activating group) is 1. The van der Waals surface area contributed by atoms with Crippen molar-refractivity contribution in [2.75, 3.05) is 49.6 Å². The van der Waals surface area contributed by atoms with Crippen LogP contribution in [-0.4, -0.2) is 44.8 Å². The van der Waals surface area contributed by atoms with E-state index in [-0.39, 0.29) is 0 Å². The summed E-state index contributed by atoms with van der Waals surface area (Å²) in [4.78, 5) is 11.4. The second kappa shape index (κ2) is 6.01. The molecule has 2 fully saturated rings. The highest BCUT2D eigenvalue weighted by Crippen LogP contribution is 2.34. The predicted octanol–water partition coefficient (Wildman–Crippen LogP) is 0.724. The summed E-state index contributed by atoms with van der Waals surface area (Å²) < 4.78 is 0. The van der Waals surface area contributed by atoms with Crippen molar-refractivity contribution in [3.8, 4) is 6.07 Å². The maximum Gasteiger partial charge on any atom is 0.149 e. The number of nitrogens with zero attached hydrogens (tertiary/aromatic N) is 4. The van der Waals surface area contributed by atoms with Gasteiger partial charge in [0.1, 0.15) is 24.2 Å². The Balaban J connectivity index is 1.86. The molecule has 5 nitrogen and oxygen atoms in total. The molecule has 4 rings (SSSR count). The summed E-state index contributed by atoms with van der Waals surface area (Å²) in [5, 5.41) is 9.82. The molecule has 1 unspecified atom stereocenters. The number of hydrogen-bond donors (Lipinski definition) is 1. The standard InChI is InChI=1S/C18H25N5/c1-21-11-6-14-15(12-19)17(22-7-2-3-8-22)20-18(16(14)13-21)23-9-4-5-10-23/h2-11,13H2,1H3/p+1. The minimum Gasteiger partial charge on any atom is -0.356 e. The number of aromatic nitrogens is 1.